The maximum atomic E-state index is 12.9. The summed E-state index contributed by atoms with van der Waals surface area (Å²) in [4.78, 5) is 27.5. The van der Waals surface area contributed by atoms with E-state index in [4.69, 9.17) is 0 Å². The summed E-state index contributed by atoms with van der Waals surface area (Å²) >= 11 is 0. The van der Waals surface area contributed by atoms with E-state index in [0.717, 1.165) is 25.7 Å². The summed E-state index contributed by atoms with van der Waals surface area (Å²) in [5, 5.41) is 3.02. The van der Waals surface area contributed by atoms with Gasteiger partial charge in [-0.2, -0.15) is 0 Å². The molecule has 0 spiro atoms. The zero-order valence-electron chi connectivity index (χ0n) is 13.2. The standard InChI is InChI=1S/C16H28N2O2/c1-5-8-11(4)18-14(19)13(12-9-10-12)17-15(20)16(18,6-2)7-3/h11-13H,5-10H2,1-4H3,(H,17,20). The number of piperazine rings is 1. The molecule has 1 saturated heterocycles. The minimum Gasteiger partial charge on any atom is -0.342 e. The first-order valence-electron chi connectivity index (χ1n) is 8.15. The molecule has 1 heterocycles. The molecule has 2 amide bonds. The van der Waals surface area contributed by atoms with Gasteiger partial charge >= 0.3 is 0 Å². The summed E-state index contributed by atoms with van der Waals surface area (Å²) in [6.07, 6.45) is 5.50. The molecule has 0 aromatic carbocycles. The van der Waals surface area contributed by atoms with Gasteiger partial charge in [0, 0.05) is 6.04 Å². The molecule has 1 N–H and O–H groups in total. The van der Waals surface area contributed by atoms with Crippen molar-refractivity contribution in [3.8, 4) is 0 Å². The monoisotopic (exact) mass is 280 g/mol. The van der Waals surface area contributed by atoms with Gasteiger partial charge in [-0.15, -0.1) is 0 Å². The molecule has 20 heavy (non-hydrogen) atoms. The van der Waals surface area contributed by atoms with Crippen LogP contribution in [-0.2, 0) is 9.59 Å². The van der Waals surface area contributed by atoms with Crippen molar-refractivity contribution in [3.05, 3.63) is 0 Å². The van der Waals surface area contributed by atoms with Gasteiger partial charge in [-0.25, -0.2) is 0 Å². The second-order valence-corrected chi connectivity index (χ2v) is 6.37. The Bertz CT molecular complexity index is 386. The van der Waals surface area contributed by atoms with E-state index in [2.05, 4.69) is 19.2 Å². The highest BCUT2D eigenvalue weighted by Gasteiger charge is 2.54. The third kappa shape index (κ3) is 2.33. The van der Waals surface area contributed by atoms with Gasteiger partial charge in [0.15, 0.2) is 0 Å². The molecule has 0 aromatic rings. The first kappa shape index (κ1) is 15.3. The van der Waals surface area contributed by atoms with E-state index in [-0.39, 0.29) is 23.9 Å². The van der Waals surface area contributed by atoms with E-state index in [1.807, 2.05) is 18.7 Å². The molecule has 114 valence electrons. The topological polar surface area (TPSA) is 49.4 Å². The largest absolute Gasteiger partial charge is 0.342 e. The highest BCUT2D eigenvalue weighted by Crippen LogP contribution is 2.39. The Balaban J connectivity index is 2.34. The zero-order valence-corrected chi connectivity index (χ0v) is 13.2. The minimum absolute atomic E-state index is 0.0574. The molecular weight excluding hydrogens is 252 g/mol. The number of hydrogen-bond donors (Lipinski definition) is 1. The normalized spacial score (nSPS) is 27.4. The molecule has 0 bridgehead atoms. The predicted molar refractivity (Wildman–Crippen MR) is 79.2 cm³/mol. The molecule has 4 nitrogen and oxygen atoms in total. The number of nitrogens with zero attached hydrogens (tertiary/aromatic N) is 1. The molecular formula is C16H28N2O2. The fraction of sp³-hybridized carbons (Fsp3) is 0.875. The fourth-order valence-electron chi connectivity index (χ4n) is 3.65. The van der Waals surface area contributed by atoms with Crippen molar-refractivity contribution in [2.45, 2.75) is 83.8 Å². The summed E-state index contributed by atoms with van der Waals surface area (Å²) in [6.45, 7) is 8.24. The van der Waals surface area contributed by atoms with Crippen molar-refractivity contribution in [1.29, 1.82) is 0 Å². The SMILES string of the molecule is CCCC(C)N1C(=O)C(C2CC2)NC(=O)C1(CC)CC. The van der Waals surface area contributed by atoms with Crippen LogP contribution in [0.25, 0.3) is 0 Å². The Hall–Kier alpha value is -1.06. The lowest BCUT2D eigenvalue weighted by molar-refractivity contribution is -0.162. The minimum atomic E-state index is -0.642. The van der Waals surface area contributed by atoms with Crippen molar-refractivity contribution in [2.24, 2.45) is 5.92 Å². The first-order valence-corrected chi connectivity index (χ1v) is 8.15. The number of carbonyl (C=O) groups is 2. The highest BCUT2D eigenvalue weighted by atomic mass is 16.2. The predicted octanol–water partition coefficient (Wildman–Crippen LogP) is 2.47. The van der Waals surface area contributed by atoms with Crippen LogP contribution in [-0.4, -0.2) is 34.3 Å². The maximum absolute atomic E-state index is 12.9. The van der Waals surface area contributed by atoms with E-state index < -0.39 is 5.54 Å². The van der Waals surface area contributed by atoms with Gasteiger partial charge in [-0.1, -0.05) is 27.2 Å². The van der Waals surface area contributed by atoms with Crippen molar-refractivity contribution in [1.82, 2.24) is 10.2 Å². The van der Waals surface area contributed by atoms with Gasteiger partial charge in [0.25, 0.3) is 0 Å². The highest BCUT2D eigenvalue weighted by molar-refractivity contribution is 6.00. The van der Waals surface area contributed by atoms with Gasteiger partial charge in [-0.3, -0.25) is 9.59 Å². The number of rotatable bonds is 6. The maximum Gasteiger partial charge on any atom is 0.246 e. The molecule has 0 radical (unpaired) electrons. The van der Waals surface area contributed by atoms with Crippen molar-refractivity contribution in [2.75, 3.05) is 0 Å². The van der Waals surface area contributed by atoms with Crippen LogP contribution in [0.5, 0.6) is 0 Å². The van der Waals surface area contributed by atoms with Crippen LogP contribution in [0, 0.1) is 5.92 Å². The third-order valence-corrected chi connectivity index (χ3v) is 5.08. The molecule has 2 unspecified atom stereocenters. The smallest absolute Gasteiger partial charge is 0.246 e. The Labute approximate surface area is 122 Å². The van der Waals surface area contributed by atoms with Gasteiger partial charge in [0.05, 0.1) is 0 Å². The van der Waals surface area contributed by atoms with E-state index in [1.54, 1.807) is 0 Å². The van der Waals surface area contributed by atoms with Crippen LogP contribution in [0.1, 0.15) is 66.2 Å². The summed E-state index contributed by atoms with van der Waals surface area (Å²) < 4.78 is 0. The Morgan fingerprint density at radius 2 is 1.85 bits per heavy atom. The molecule has 0 aromatic heterocycles. The van der Waals surface area contributed by atoms with Gasteiger partial charge < -0.3 is 10.2 Å². The van der Waals surface area contributed by atoms with Gasteiger partial charge in [0.2, 0.25) is 11.8 Å². The van der Waals surface area contributed by atoms with Crippen LogP contribution in [0.15, 0.2) is 0 Å². The first-order chi connectivity index (χ1) is 9.51. The Morgan fingerprint density at radius 3 is 2.30 bits per heavy atom. The number of nitrogens with one attached hydrogen (secondary N) is 1. The van der Waals surface area contributed by atoms with E-state index >= 15 is 0 Å². The van der Waals surface area contributed by atoms with Gasteiger partial charge in [-0.05, 0) is 44.9 Å². The summed E-state index contributed by atoms with van der Waals surface area (Å²) in [5.41, 5.74) is -0.642. The van der Waals surface area contributed by atoms with Crippen LogP contribution in [0.4, 0.5) is 0 Å². The van der Waals surface area contributed by atoms with Crippen molar-refractivity contribution < 1.29 is 9.59 Å². The molecule has 1 aliphatic carbocycles. The Morgan fingerprint density at radius 1 is 1.25 bits per heavy atom. The van der Waals surface area contributed by atoms with E-state index in [9.17, 15) is 9.59 Å². The molecule has 2 fully saturated rings. The second-order valence-electron chi connectivity index (χ2n) is 6.37. The zero-order chi connectivity index (χ0) is 14.9. The average molecular weight is 280 g/mol. The fourth-order valence-corrected chi connectivity index (χ4v) is 3.65. The summed E-state index contributed by atoms with van der Waals surface area (Å²) in [7, 11) is 0. The van der Waals surface area contributed by atoms with Crippen LogP contribution in [0.3, 0.4) is 0 Å². The second kappa shape index (κ2) is 5.74. The molecule has 4 heteroatoms. The molecule has 1 aliphatic heterocycles. The summed E-state index contributed by atoms with van der Waals surface area (Å²) in [5.74, 6) is 0.577. The average Bonchev–Trinajstić information content (AvgIpc) is 3.25. The van der Waals surface area contributed by atoms with Crippen LogP contribution >= 0.6 is 0 Å². The van der Waals surface area contributed by atoms with E-state index in [1.165, 1.54) is 0 Å². The number of carbonyl (C=O) groups excluding carboxylic acids is 2. The lowest BCUT2D eigenvalue weighted by Crippen LogP contribution is -2.72. The number of hydrogen-bond acceptors (Lipinski definition) is 2. The van der Waals surface area contributed by atoms with E-state index in [0.29, 0.717) is 18.8 Å². The van der Waals surface area contributed by atoms with Crippen molar-refractivity contribution in [3.63, 3.8) is 0 Å². The third-order valence-electron chi connectivity index (χ3n) is 5.08. The molecule has 1 saturated carbocycles. The summed E-state index contributed by atoms with van der Waals surface area (Å²) in [6, 6.07) is -0.132. The van der Waals surface area contributed by atoms with Crippen LogP contribution in [0.2, 0.25) is 0 Å². The van der Waals surface area contributed by atoms with Crippen LogP contribution < -0.4 is 5.32 Å². The molecule has 2 aliphatic rings. The number of amides is 2. The van der Waals surface area contributed by atoms with Crippen molar-refractivity contribution >= 4 is 11.8 Å². The quantitative estimate of drug-likeness (QED) is 0.812. The lowest BCUT2D eigenvalue weighted by Gasteiger charge is -2.50. The van der Waals surface area contributed by atoms with Gasteiger partial charge in [0.1, 0.15) is 11.6 Å². The molecule has 2 atom stereocenters. The Kier molecular flexibility index (Phi) is 4.40. The lowest BCUT2D eigenvalue weighted by atomic mass is 9.83. The molecule has 2 rings (SSSR count).